The Balaban J connectivity index is 1.38. The first-order valence-corrected chi connectivity index (χ1v) is 13.4. The van der Waals surface area contributed by atoms with E-state index in [-0.39, 0.29) is 18.0 Å². The molecule has 40 heavy (non-hydrogen) atoms. The molecular formula is C32H33N3O5. The van der Waals surface area contributed by atoms with Crippen LogP contribution in [0.3, 0.4) is 0 Å². The number of nitrogens with one attached hydrogen (secondary N) is 1. The summed E-state index contributed by atoms with van der Waals surface area (Å²) in [7, 11) is 0. The average molecular weight is 540 g/mol. The van der Waals surface area contributed by atoms with Gasteiger partial charge in [0.2, 0.25) is 5.89 Å². The molecule has 4 aromatic rings. The minimum Gasteiger partial charge on any atom is -0.494 e. The van der Waals surface area contributed by atoms with Crippen LogP contribution in [0.2, 0.25) is 0 Å². The summed E-state index contributed by atoms with van der Waals surface area (Å²) in [4.78, 5) is 34.0. The van der Waals surface area contributed by atoms with Crippen LogP contribution in [0.25, 0.3) is 6.08 Å². The molecule has 1 amide bonds. The maximum Gasteiger partial charge on any atom is 0.323 e. The average Bonchev–Trinajstić information content (AvgIpc) is 3.49. The first-order chi connectivity index (χ1) is 19.6. The molecule has 0 aliphatic carbocycles. The SMILES string of the molecule is O=C(NCCCCOc1ccccc1)c1coc(C(CCCC=Cc2cccnc2)(C(=O)O)c2ccccc2)n1. The van der Waals surface area contributed by atoms with E-state index in [0.717, 1.165) is 24.2 Å². The van der Waals surface area contributed by atoms with Crippen molar-refractivity contribution in [3.05, 3.63) is 120 Å². The number of hydrogen-bond acceptors (Lipinski definition) is 6. The van der Waals surface area contributed by atoms with Crippen LogP contribution in [0.15, 0.2) is 102 Å². The van der Waals surface area contributed by atoms with Crippen LogP contribution in [0.5, 0.6) is 5.75 Å². The number of rotatable bonds is 15. The number of pyridine rings is 1. The van der Waals surface area contributed by atoms with E-state index in [4.69, 9.17) is 9.15 Å². The van der Waals surface area contributed by atoms with Gasteiger partial charge in [-0.05, 0) is 61.4 Å². The molecule has 0 saturated carbocycles. The second-order valence-corrected chi connectivity index (χ2v) is 9.32. The first kappa shape index (κ1) is 28.3. The molecule has 2 aromatic carbocycles. The highest BCUT2D eigenvalue weighted by atomic mass is 16.5. The van der Waals surface area contributed by atoms with Gasteiger partial charge in [-0.15, -0.1) is 0 Å². The molecule has 0 spiro atoms. The summed E-state index contributed by atoms with van der Waals surface area (Å²) in [6.45, 7) is 0.981. The molecule has 2 N–H and O–H groups in total. The monoisotopic (exact) mass is 539 g/mol. The van der Waals surface area contributed by atoms with Crippen LogP contribution in [0.4, 0.5) is 0 Å². The fourth-order valence-electron chi connectivity index (χ4n) is 4.40. The Hall–Kier alpha value is -4.72. The number of nitrogens with zero attached hydrogens (tertiary/aromatic N) is 2. The number of amides is 1. The largest absolute Gasteiger partial charge is 0.494 e. The molecule has 0 aliphatic rings. The van der Waals surface area contributed by atoms with E-state index in [1.54, 1.807) is 36.7 Å². The fourth-order valence-corrected chi connectivity index (χ4v) is 4.40. The van der Waals surface area contributed by atoms with Gasteiger partial charge in [-0.2, -0.15) is 0 Å². The second kappa shape index (κ2) is 14.4. The molecule has 8 nitrogen and oxygen atoms in total. The molecule has 0 aliphatic heterocycles. The lowest BCUT2D eigenvalue weighted by molar-refractivity contribution is -0.143. The van der Waals surface area contributed by atoms with Crippen molar-refractivity contribution in [2.24, 2.45) is 0 Å². The minimum absolute atomic E-state index is 0.0103. The van der Waals surface area contributed by atoms with Crippen LogP contribution in [-0.4, -0.2) is 40.1 Å². The lowest BCUT2D eigenvalue weighted by Crippen LogP contribution is -2.38. The van der Waals surface area contributed by atoms with Crippen LogP contribution in [0, 0.1) is 0 Å². The lowest BCUT2D eigenvalue weighted by Gasteiger charge is -2.26. The number of unbranched alkanes of at least 4 members (excludes halogenated alkanes) is 2. The zero-order chi connectivity index (χ0) is 28.0. The normalized spacial score (nSPS) is 12.6. The third-order valence-electron chi connectivity index (χ3n) is 6.52. The summed E-state index contributed by atoms with van der Waals surface area (Å²) in [6, 6.07) is 22.3. The number of aliphatic carboxylic acids is 1. The van der Waals surface area contributed by atoms with Crippen molar-refractivity contribution in [1.82, 2.24) is 15.3 Å². The summed E-state index contributed by atoms with van der Waals surface area (Å²) in [5.74, 6) is -0.691. The molecule has 1 unspecified atom stereocenters. The number of carboxylic acids is 1. The summed E-state index contributed by atoms with van der Waals surface area (Å²) >= 11 is 0. The first-order valence-electron chi connectivity index (χ1n) is 13.4. The quantitative estimate of drug-likeness (QED) is 0.180. The van der Waals surface area contributed by atoms with Gasteiger partial charge in [0.25, 0.3) is 5.91 Å². The highest BCUT2D eigenvalue weighted by Gasteiger charge is 2.46. The molecule has 0 radical (unpaired) electrons. The van der Waals surface area contributed by atoms with E-state index in [2.05, 4.69) is 15.3 Å². The predicted molar refractivity (Wildman–Crippen MR) is 152 cm³/mol. The fraction of sp³-hybridized carbons (Fsp3) is 0.250. The van der Waals surface area contributed by atoms with Crippen molar-refractivity contribution in [3.63, 3.8) is 0 Å². The summed E-state index contributed by atoms with van der Waals surface area (Å²) < 4.78 is 11.4. The smallest absolute Gasteiger partial charge is 0.323 e. The number of allylic oxidation sites excluding steroid dienone is 1. The maximum absolute atomic E-state index is 12.8. The molecule has 8 heteroatoms. The van der Waals surface area contributed by atoms with Gasteiger partial charge in [0.05, 0.1) is 6.61 Å². The minimum atomic E-state index is -1.53. The molecule has 206 valence electrons. The van der Waals surface area contributed by atoms with Gasteiger partial charge >= 0.3 is 5.97 Å². The molecule has 0 bridgehead atoms. The maximum atomic E-state index is 12.8. The van der Waals surface area contributed by atoms with Crippen LogP contribution in [-0.2, 0) is 10.2 Å². The number of carbonyl (C=O) groups is 2. The van der Waals surface area contributed by atoms with Crippen molar-refractivity contribution in [3.8, 4) is 5.75 Å². The van der Waals surface area contributed by atoms with E-state index >= 15 is 0 Å². The molecule has 4 rings (SSSR count). The van der Waals surface area contributed by atoms with Crippen molar-refractivity contribution in [1.29, 1.82) is 0 Å². The summed E-state index contributed by atoms with van der Waals surface area (Å²) in [6.07, 6.45) is 11.6. The number of hydrogen-bond donors (Lipinski definition) is 2. The number of para-hydroxylation sites is 1. The Morgan fingerprint density at radius 1 is 0.975 bits per heavy atom. The van der Waals surface area contributed by atoms with Crippen molar-refractivity contribution in [2.75, 3.05) is 13.2 Å². The van der Waals surface area contributed by atoms with Gasteiger partial charge in [0, 0.05) is 18.9 Å². The van der Waals surface area contributed by atoms with E-state index in [0.29, 0.717) is 31.6 Å². The van der Waals surface area contributed by atoms with E-state index in [9.17, 15) is 14.7 Å². The summed E-state index contributed by atoms with van der Waals surface area (Å²) in [5, 5.41) is 13.3. The van der Waals surface area contributed by atoms with Gasteiger partial charge in [0.15, 0.2) is 11.1 Å². The van der Waals surface area contributed by atoms with Gasteiger partial charge in [-0.25, -0.2) is 4.98 Å². The summed E-state index contributed by atoms with van der Waals surface area (Å²) in [5.41, 5.74) is 0.0399. The number of benzene rings is 2. The Labute approximate surface area is 233 Å². The third kappa shape index (κ3) is 7.44. The lowest BCUT2D eigenvalue weighted by atomic mass is 9.76. The standard InChI is InChI=1S/C32H33N3O5/c36-29(34-21-10-11-22-39-27-17-7-2-8-18-27)28-24-40-30(35-28)32(31(37)38,26-15-5-1-6-16-26)19-9-3-4-13-25-14-12-20-33-23-25/h1-2,4-8,12-18,20,23-24H,3,9-11,19,21-22H2,(H,34,36)(H,37,38). The van der Waals surface area contributed by atoms with Crippen LogP contribution < -0.4 is 10.1 Å². The Bertz CT molecular complexity index is 1370. The van der Waals surface area contributed by atoms with Crippen LogP contribution >= 0.6 is 0 Å². The molecular weight excluding hydrogens is 506 g/mol. The molecule has 2 aromatic heterocycles. The van der Waals surface area contributed by atoms with E-state index < -0.39 is 17.3 Å². The number of oxazole rings is 1. The Kier molecular flexibility index (Phi) is 10.2. The highest BCUT2D eigenvalue weighted by Crippen LogP contribution is 2.37. The number of carboxylic acid groups (broad SMARTS) is 1. The number of aromatic nitrogens is 2. The molecule has 1 atom stereocenters. The van der Waals surface area contributed by atoms with E-state index in [1.165, 1.54) is 6.26 Å². The number of ether oxygens (including phenoxy) is 1. The molecule has 0 saturated heterocycles. The Morgan fingerprint density at radius 2 is 1.75 bits per heavy atom. The Morgan fingerprint density at radius 3 is 2.48 bits per heavy atom. The van der Waals surface area contributed by atoms with Gasteiger partial charge in [-0.3, -0.25) is 14.6 Å². The van der Waals surface area contributed by atoms with Crippen molar-refractivity contribution >= 4 is 18.0 Å². The van der Waals surface area contributed by atoms with Gasteiger partial charge < -0.3 is 19.6 Å². The highest BCUT2D eigenvalue weighted by molar-refractivity contribution is 5.92. The molecule has 2 heterocycles. The van der Waals surface area contributed by atoms with Gasteiger partial charge in [0.1, 0.15) is 12.0 Å². The third-order valence-corrected chi connectivity index (χ3v) is 6.52. The second-order valence-electron chi connectivity index (χ2n) is 9.32. The zero-order valence-electron chi connectivity index (χ0n) is 22.2. The number of carbonyl (C=O) groups excluding carboxylic acids is 1. The van der Waals surface area contributed by atoms with Crippen LogP contribution in [0.1, 0.15) is 59.6 Å². The zero-order valence-corrected chi connectivity index (χ0v) is 22.2. The van der Waals surface area contributed by atoms with Crippen molar-refractivity contribution in [2.45, 2.75) is 37.5 Å². The topological polar surface area (TPSA) is 115 Å². The van der Waals surface area contributed by atoms with E-state index in [1.807, 2.05) is 60.7 Å². The van der Waals surface area contributed by atoms with Gasteiger partial charge in [-0.1, -0.05) is 66.7 Å². The van der Waals surface area contributed by atoms with Crippen molar-refractivity contribution < 1.29 is 23.8 Å². The predicted octanol–water partition coefficient (Wildman–Crippen LogP) is 5.91. The molecule has 0 fully saturated rings.